The first-order valence-electron chi connectivity index (χ1n) is 9.32. The molecule has 0 amide bonds. The maximum atomic E-state index is 13.2. The first kappa shape index (κ1) is 15.2. The number of hydrogen-bond donors (Lipinski definition) is 1. The van der Waals surface area contributed by atoms with Gasteiger partial charge in [0.05, 0.1) is 7.11 Å². The highest BCUT2D eigenvalue weighted by molar-refractivity contribution is 5.92. The van der Waals surface area contributed by atoms with Gasteiger partial charge in [0.1, 0.15) is 13.1 Å². The molecule has 3 aliphatic heterocycles. The quantitative estimate of drug-likeness (QED) is 0.521. The maximum absolute atomic E-state index is 13.2. The summed E-state index contributed by atoms with van der Waals surface area (Å²) < 4.78 is 5.41. The fourth-order valence-corrected chi connectivity index (χ4v) is 5.71. The third-order valence-electron chi connectivity index (χ3n) is 6.55. The predicted molar refractivity (Wildman–Crippen MR) is 97.8 cm³/mol. The highest BCUT2D eigenvalue weighted by Gasteiger charge is 2.65. The number of aromatic amines is 1. The molecular formula is C21H24N2O2+. The first-order chi connectivity index (χ1) is 12.2. The Morgan fingerprint density at radius 1 is 1.40 bits per heavy atom. The Labute approximate surface area is 147 Å². The minimum atomic E-state index is -0.595. The molecular weight excluding hydrogens is 312 g/mol. The average molecular weight is 336 g/mol. The van der Waals surface area contributed by atoms with Gasteiger partial charge in [0, 0.05) is 28.9 Å². The molecule has 4 heteroatoms. The zero-order valence-electron chi connectivity index (χ0n) is 14.8. The van der Waals surface area contributed by atoms with Gasteiger partial charge in [0.25, 0.3) is 0 Å². The van der Waals surface area contributed by atoms with Crippen molar-refractivity contribution in [3.63, 3.8) is 0 Å². The van der Waals surface area contributed by atoms with Crippen LogP contribution in [0.15, 0.2) is 35.9 Å². The number of carbonyl (C=O) groups is 1. The number of para-hydroxylation sites is 1. The Hall–Kier alpha value is -2.07. The van der Waals surface area contributed by atoms with E-state index in [0.29, 0.717) is 5.92 Å². The van der Waals surface area contributed by atoms with Gasteiger partial charge in [-0.25, -0.2) is 0 Å². The number of methoxy groups -OCH3 is 1. The van der Waals surface area contributed by atoms with E-state index in [2.05, 4.69) is 47.1 Å². The van der Waals surface area contributed by atoms with Gasteiger partial charge in [-0.05, 0) is 30.0 Å². The van der Waals surface area contributed by atoms with Gasteiger partial charge >= 0.3 is 5.97 Å². The highest BCUT2D eigenvalue weighted by Crippen LogP contribution is 2.52. The number of fused-ring (bicyclic) bond motifs is 3. The molecule has 4 bridgehead atoms. The summed E-state index contributed by atoms with van der Waals surface area (Å²) in [4.78, 5) is 19.4. The topological polar surface area (TPSA) is 48.0 Å². The molecule has 1 N–H and O–H groups in total. The smallest absolute Gasteiger partial charge is 0.324 e. The molecule has 25 heavy (non-hydrogen) atoms. The molecule has 1 aromatic carbocycles. The van der Waals surface area contributed by atoms with Crippen LogP contribution >= 0.6 is 0 Å². The molecule has 129 valence electrons. The number of benzene rings is 1. The second-order valence-electron chi connectivity index (χ2n) is 7.69. The van der Waals surface area contributed by atoms with Crippen molar-refractivity contribution in [2.45, 2.75) is 37.6 Å². The van der Waals surface area contributed by atoms with E-state index >= 15 is 0 Å². The van der Waals surface area contributed by atoms with E-state index in [4.69, 9.17) is 4.74 Å². The van der Waals surface area contributed by atoms with Gasteiger partial charge in [0.2, 0.25) is 0 Å². The summed E-state index contributed by atoms with van der Waals surface area (Å²) in [7, 11) is 1.53. The van der Waals surface area contributed by atoms with Crippen molar-refractivity contribution >= 4 is 16.9 Å². The van der Waals surface area contributed by atoms with Crippen LogP contribution in [-0.4, -0.2) is 37.2 Å². The van der Waals surface area contributed by atoms with E-state index in [0.717, 1.165) is 43.6 Å². The van der Waals surface area contributed by atoms with Gasteiger partial charge in [-0.1, -0.05) is 31.2 Å². The van der Waals surface area contributed by atoms with E-state index in [-0.39, 0.29) is 12.0 Å². The fraction of sp³-hybridized carbons (Fsp3) is 0.476. The molecule has 4 atom stereocenters. The number of aromatic nitrogens is 1. The number of hydrogen-bond acceptors (Lipinski definition) is 3. The summed E-state index contributed by atoms with van der Waals surface area (Å²) in [6, 6.07) is 8.56. The number of carbonyl (C=O) groups excluding carboxylic acids is 1. The Kier molecular flexibility index (Phi) is 3.17. The summed E-state index contributed by atoms with van der Waals surface area (Å²) in [6.07, 6.45) is 5.25. The van der Waals surface area contributed by atoms with Crippen molar-refractivity contribution in [3.8, 4) is 0 Å². The van der Waals surface area contributed by atoms with Gasteiger partial charge in [-0.2, -0.15) is 4.90 Å². The van der Waals surface area contributed by atoms with Crippen molar-refractivity contribution in [2.75, 3.05) is 20.2 Å². The normalized spacial score (nSPS) is 32.9. The SMILES string of the molecule is CCC1=CC2C[N+]3CCc4c([nH]c5ccccc45)C(C(=O)OC)(C2)C13. The van der Waals surface area contributed by atoms with Crippen molar-refractivity contribution in [1.29, 1.82) is 0 Å². The summed E-state index contributed by atoms with van der Waals surface area (Å²) in [6.45, 7) is 4.28. The van der Waals surface area contributed by atoms with Crippen LogP contribution in [0.3, 0.4) is 0 Å². The standard InChI is InChI=1S/C21H24N2O2/c1-3-14-10-13-11-21(20(24)25-2)18-16(8-9-23(12-13)19(14)21)15-6-4-5-7-17(15)22-18/h4-7,10,13,19,22H,3,8-9,11-12H2,1-2H3/q+1. The summed E-state index contributed by atoms with van der Waals surface area (Å²) in [5.41, 5.74) is 4.36. The molecule has 6 rings (SSSR count). The second-order valence-corrected chi connectivity index (χ2v) is 7.69. The molecule has 1 radical (unpaired) electrons. The number of esters is 1. The highest BCUT2D eigenvalue weighted by atomic mass is 16.5. The van der Waals surface area contributed by atoms with Crippen LogP contribution in [0.4, 0.5) is 0 Å². The fourth-order valence-electron chi connectivity index (χ4n) is 5.71. The second kappa shape index (κ2) is 5.21. The number of ether oxygens (including phenoxy) is 1. The largest absolute Gasteiger partial charge is 0.468 e. The van der Waals surface area contributed by atoms with E-state index in [1.807, 2.05) is 0 Å². The van der Waals surface area contributed by atoms with Gasteiger partial charge in [0.15, 0.2) is 11.5 Å². The van der Waals surface area contributed by atoms with Crippen molar-refractivity contribution in [3.05, 3.63) is 47.2 Å². The van der Waals surface area contributed by atoms with Crippen LogP contribution < -0.4 is 4.90 Å². The number of H-pyrrole nitrogens is 1. The van der Waals surface area contributed by atoms with E-state index in [1.54, 1.807) is 0 Å². The molecule has 4 aliphatic rings. The number of piperidine rings is 1. The monoisotopic (exact) mass is 336 g/mol. The molecule has 4 heterocycles. The predicted octanol–water partition coefficient (Wildman–Crippen LogP) is 3.01. The first-order valence-corrected chi connectivity index (χ1v) is 9.32. The van der Waals surface area contributed by atoms with E-state index < -0.39 is 5.41 Å². The van der Waals surface area contributed by atoms with Crippen molar-refractivity contribution in [2.24, 2.45) is 5.92 Å². The Morgan fingerprint density at radius 3 is 3.04 bits per heavy atom. The third-order valence-corrected chi connectivity index (χ3v) is 6.55. The number of rotatable bonds is 2. The lowest BCUT2D eigenvalue weighted by molar-refractivity contribution is -0.152. The Bertz CT molecular complexity index is 896. The average Bonchev–Trinajstić information content (AvgIpc) is 3.00. The Balaban J connectivity index is 1.83. The minimum absolute atomic E-state index is 0.0824. The molecule has 1 saturated heterocycles. The van der Waals surface area contributed by atoms with Gasteiger partial charge in [-0.3, -0.25) is 4.79 Å². The lowest BCUT2D eigenvalue weighted by Gasteiger charge is -2.47. The molecule has 4 unspecified atom stereocenters. The summed E-state index contributed by atoms with van der Waals surface area (Å²) in [5, 5.41) is 1.26. The molecule has 0 saturated carbocycles. The zero-order valence-corrected chi connectivity index (χ0v) is 14.8. The third kappa shape index (κ3) is 1.83. The lowest BCUT2D eigenvalue weighted by atomic mass is 9.60. The van der Waals surface area contributed by atoms with Crippen LogP contribution in [0, 0.1) is 5.92 Å². The molecule has 1 fully saturated rings. The maximum Gasteiger partial charge on any atom is 0.324 e. The lowest BCUT2D eigenvalue weighted by Crippen LogP contribution is -2.66. The van der Waals surface area contributed by atoms with Crippen LogP contribution in [0.1, 0.15) is 31.0 Å². The van der Waals surface area contributed by atoms with Crippen LogP contribution in [0.2, 0.25) is 0 Å². The molecule has 1 aliphatic carbocycles. The Morgan fingerprint density at radius 2 is 2.24 bits per heavy atom. The molecule has 4 nitrogen and oxygen atoms in total. The summed E-state index contributed by atoms with van der Waals surface area (Å²) in [5.74, 6) is 0.345. The summed E-state index contributed by atoms with van der Waals surface area (Å²) >= 11 is 0. The van der Waals surface area contributed by atoms with Gasteiger partial charge < -0.3 is 9.72 Å². The van der Waals surface area contributed by atoms with Crippen LogP contribution in [-0.2, 0) is 21.4 Å². The number of nitrogens with one attached hydrogen (secondary N) is 1. The van der Waals surface area contributed by atoms with E-state index in [9.17, 15) is 4.79 Å². The van der Waals surface area contributed by atoms with Crippen molar-refractivity contribution in [1.82, 2.24) is 9.88 Å². The van der Waals surface area contributed by atoms with Gasteiger partial charge in [-0.15, -0.1) is 0 Å². The molecule has 0 spiro atoms. The molecule has 2 aromatic rings. The zero-order chi connectivity index (χ0) is 17.2. The van der Waals surface area contributed by atoms with Crippen LogP contribution in [0.25, 0.3) is 10.9 Å². The number of nitrogens with zero attached hydrogens (tertiary/aromatic N) is 1. The minimum Gasteiger partial charge on any atom is -0.468 e. The van der Waals surface area contributed by atoms with Crippen LogP contribution in [0.5, 0.6) is 0 Å². The van der Waals surface area contributed by atoms with E-state index in [1.165, 1.54) is 23.6 Å². The molecule has 1 aromatic heterocycles. The van der Waals surface area contributed by atoms with Crippen molar-refractivity contribution < 1.29 is 9.53 Å².